The molecule has 0 aromatic rings. The van der Waals surface area contributed by atoms with Gasteiger partial charge in [0, 0.05) is 32.3 Å². The zero-order chi connectivity index (χ0) is 15.3. The largest absolute Gasteiger partial charge is 0.381 e. The summed E-state index contributed by atoms with van der Waals surface area (Å²) in [6, 6.07) is -0.0138. The molecule has 0 saturated carbocycles. The topological polar surface area (TPSA) is 58.6 Å². The smallest absolute Gasteiger partial charge is 0.212 e. The second-order valence-electron chi connectivity index (χ2n) is 6.86. The summed E-state index contributed by atoms with van der Waals surface area (Å²) in [6.07, 6.45) is 4.24. The van der Waals surface area contributed by atoms with Gasteiger partial charge in [-0.2, -0.15) is 0 Å². The van der Waals surface area contributed by atoms with Gasteiger partial charge in [-0.25, -0.2) is 13.1 Å². The first-order valence-electron chi connectivity index (χ1n) is 8.25. The highest BCUT2D eigenvalue weighted by atomic mass is 32.2. The summed E-state index contributed by atoms with van der Waals surface area (Å²) in [7, 11) is -3.18. The van der Waals surface area contributed by atoms with E-state index in [2.05, 4.69) is 16.5 Å². The molecule has 6 heteroatoms. The van der Waals surface area contributed by atoms with Crippen molar-refractivity contribution in [3.05, 3.63) is 0 Å². The van der Waals surface area contributed by atoms with Crippen molar-refractivity contribution in [1.29, 1.82) is 0 Å². The van der Waals surface area contributed by atoms with Gasteiger partial charge in [0.2, 0.25) is 10.0 Å². The summed E-state index contributed by atoms with van der Waals surface area (Å²) in [5.41, 5.74) is 0. The molecule has 0 aromatic heterocycles. The fraction of sp³-hybridized carbons (Fsp3) is 1.00. The third-order valence-electron chi connectivity index (χ3n) is 4.45. The van der Waals surface area contributed by atoms with E-state index in [0.29, 0.717) is 13.2 Å². The lowest BCUT2D eigenvalue weighted by Gasteiger charge is -2.33. The van der Waals surface area contributed by atoms with Gasteiger partial charge in [-0.15, -0.1) is 0 Å². The highest BCUT2D eigenvalue weighted by molar-refractivity contribution is 7.89. The van der Waals surface area contributed by atoms with Crippen molar-refractivity contribution < 1.29 is 13.2 Å². The average Bonchev–Trinajstić information content (AvgIpc) is 2.38. The van der Waals surface area contributed by atoms with Gasteiger partial charge in [0.25, 0.3) is 0 Å². The normalized spacial score (nSPS) is 27.6. The Morgan fingerprint density at radius 2 is 2.00 bits per heavy atom. The predicted molar refractivity (Wildman–Crippen MR) is 84.8 cm³/mol. The van der Waals surface area contributed by atoms with E-state index in [4.69, 9.17) is 4.74 Å². The molecule has 2 saturated heterocycles. The van der Waals surface area contributed by atoms with E-state index >= 15 is 0 Å². The Bertz CT molecular complexity index is 407. The van der Waals surface area contributed by atoms with Crippen LogP contribution in [-0.2, 0) is 14.8 Å². The van der Waals surface area contributed by atoms with Gasteiger partial charge < -0.3 is 9.64 Å². The Labute approximate surface area is 129 Å². The lowest BCUT2D eigenvalue weighted by Crippen LogP contribution is -2.46. The Hall–Kier alpha value is -0.170. The summed E-state index contributed by atoms with van der Waals surface area (Å²) < 4.78 is 32.6. The molecule has 2 aliphatic heterocycles. The number of hydrogen-bond donors (Lipinski definition) is 1. The molecule has 2 heterocycles. The number of piperidine rings is 1. The van der Waals surface area contributed by atoms with Crippen molar-refractivity contribution >= 4 is 10.0 Å². The van der Waals surface area contributed by atoms with Crippen LogP contribution in [0.15, 0.2) is 0 Å². The van der Waals surface area contributed by atoms with E-state index in [-0.39, 0.29) is 17.7 Å². The lowest BCUT2D eigenvalue weighted by atomic mass is 10.00. The van der Waals surface area contributed by atoms with Crippen LogP contribution in [0.2, 0.25) is 0 Å². The van der Waals surface area contributed by atoms with Crippen molar-refractivity contribution in [3.8, 4) is 0 Å². The van der Waals surface area contributed by atoms with Gasteiger partial charge in [-0.05, 0) is 51.0 Å². The molecule has 2 rings (SSSR count). The number of likely N-dealkylation sites (tertiary alicyclic amines) is 1. The molecule has 2 unspecified atom stereocenters. The second-order valence-corrected chi connectivity index (χ2v) is 8.66. The van der Waals surface area contributed by atoms with Crippen LogP contribution in [0.25, 0.3) is 0 Å². The third kappa shape index (κ3) is 6.22. The molecule has 2 aliphatic rings. The van der Waals surface area contributed by atoms with Crippen LogP contribution in [0, 0.1) is 11.8 Å². The van der Waals surface area contributed by atoms with Crippen LogP contribution < -0.4 is 4.72 Å². The maximum atomic E-state index is 12.2. The molecule has 21 heavy (non-hydrogen) atoms. The summed E-state index contributed by atoms with van der Waals surface area (Å²) in [6.45, 7) is 8.63. The molecular formula is C15H30N2O3S. The first-order valence-corrected chi connectivity index (χ1v) is 9.90. The highest BCUT2D eigenvalue weighted by Gasteiger charge is 2.24. The molecule has 0 aromatic carbocycles. The van der Waals surface area contributed by atoms with Crippen LogP contribution in [0.3, 0.4) is 0 Å². The van der Waals surface area contributed by atoms with Crippen LogP contribution in [0.1, 0.15) is 39.5 Å². The zero-order valence-electron chi connectivity index (χ0n) is 13.4. The number of nitrogens with zero attached hydrogens (tertiary/aromatic N) is 1. The number of sulfonamides is 1. The average molecular weight is 318 g/mol. The second kappa shape index (κ2) is 7.90. The SMILES string of the molecule is CC1CCCN(CC(C)NS(=O)(=O)CC2CCOCC2)C1. The summed E-state index contributed by atoms with van der Waals surface area (Å²) in [5, 5.41) is 0. The molecule has 2 fully saturated rings. The fourth-order valence-electron chi connectivity index (χ4n) is 3.46. The quantitative estimate of drug-likeness (QED) is 0.805. The Morgan fingerprint density at radius 1 is 1.29 bits per heavy atom. The molecule has 2 atom stereocenters. The van der Waals surface area contributed by atoms with Crippen LogP contribution >= 0.6 is 0 Å². The van der Waals surface area contributed by atoms with E-state index in [1.54, 1.807) is 0 Å². The molecule has 0 aliphatic carbocycles. The number of ether oxygens (including phenoxy) is 1. The van der Waals surface area contributed by atoms with E-state index in [1.165, 1.54) is 12.8 Å². The maximum absolute atomic E-state index is 12.2. The predicted octanol–water partition coefficient (Wildman–Crippen LogP) is 1.45. The molecular weight excluding hydrogens is 288 g/mol. The number of rotatable bonds is 6. The van der Waals surface area contributed by atoms with Crippen LogP contribution in [0.5, 0.6) is 0 Å². The Balaban J connectivity index is 1.75. The maximum Gasteiger partial charge on any atom is 0.212 e. The molecule has 0 amide bonds. The van der Waals surface area contributed by atoms with E-state index in [9.17, 15) is 8.42 Å². The van der Waals surface area contributed by atoms with Crippen molar-refractivity contribution in [2.24, 2.45) is 11.8 Å². The standard InChI is InChI=1S/C15H30N2O3S/c1-13-4-3-7-17(10-13)11-14(2)16-21(18,19)12-15-5-8-20-9-6-15/h13-16H,3-12H2,1-2H3. The van der Waals surface area contributed by atoms with E-state index < -0.39 is 10.0 Å². The van der Waals surface area contributed by atoms with E-state index in [0.717, 1.165) is 38.4 Å². The fourth-order valence-corrected chi connectivity index (χ4v) is 5.19. The van der Waals surface area contributed by atoms with Crippen LogP contribution in [-0.4, -0.2) is 58.0 Å². The first kappa shape index (κ1) is 17.2. The molecule has 0 spiro atoms. The van der Waals surface area contributed by atoms with Gasteiger partial charge >= 0.3 is 0 Å². The zero-order valence-corrected chi connectivity index (χ0v) is 14.2. The first-order chi connectivity index (χ1) is 9.94. The van der Waals surface area contributed by atoms with E-state index in [1.807, 2.05) is 6.92 Å². The van der Waals surface area contributed by atoms with Gasteiger partial charge in [0.1, 0.15) is 0 Å². The van der Waals surface area contributed by atoms with Gasteiger partial charge in [-0.1, -0.05) is 6.92 Å². The Morgan fingerprint density at radius 3 is 2.67 bits per heavy atom. The van der Waals surface area contributed by atoms with Crippen molar-refractivity contribution in [2.45, 2.75) is 45.6 Å². The van der Waals surface area contributed by atoms with Crippen LogP contribution in [0.4, 0.5) is 0 Å². The monoisotopic (exact) mass is 318 g/mol. The molecule has 0 bridgehead atoms. The van der Waals surface area contributed by atoms with Crippen molar-refractivity contribution in [3.63, 3.8) is 0 Å². The minimum atomic E-state index is -3.18. The minimum absolute atomic E-state index is 0.0138. The number of nitrogens with one attached hydrogen (secondary N) is 1. The highest BCUT2D eigenvalue weighted by Crippen LogP contribution is 2.17. The third-order valence-corrected chi connectivity index (χ3v) is 6.12. The number of hydrogen-bond acceptors (Lipinski definition) is 4. The van der Waals surface area contributed by atoms with Gasteiger partial charge in [0.15, 0.2) is 0 Å². The Kier molecular flexibility index (Phi) is 6.47. The summed E-state index contributed by atoms with van der Waals surface area (Å²) >= 11 is 0. The molecule has 5 nitrogen and oxygen atoms in total. The minimum Gasteiger partial charge on any atom is -0.381 e. The van der Waals surface area contributed by atoms with Crippen molar-refractivity contribution in [1.82, 2.24) is 9.62 Å². The molecule has 0 radical (unpaired) electrons. The van der Waals surface area contributed by atoms with Crippen molar-refractivity contribution in [2.75, 3.05) is 38.6 Å². The summed E-state index contributed by atoms with van der Waals surface area (Å²) in [5.74, 6) is 1.22. The van der Waals surface area contributed by atoms with Gasteiger partial charge in [-0.3, -0.25) is 0 Å². The molecule has 1 N–H and O–H groups in total. The molecule has 124 valence electrons. The van der Waals surface area contributed by atoms with Gasteiger partial charge in [0.05, 0.1) is 5.75 Å². The lowest BCUT2D eigenvalue weighted by molar-refractivity contribution is 0.0722. The summed E-state index contributed by atoms with van der Waals surface area (Å²) in [4.78, 5) is 2.38.